The molecule has 0 aliphatic carbocycles. The molecule has 0 amide bonds. The van der Waals surface area contributed by atoms with E-state index in [1.165, 1.54) is 0 Å². The maximum absolute atomic E-state index is 5.63. The van der Waals surface area contributed by atoms with Crippen molar-refractivity contribution in [2.75, 3.05) is 17.6 Å². The Hall–Kier alpha value is -2.44. The van der Waals surface area contributed by atoms with Gasteiger partial charge >= 0.3 is 6.01 Å². The van der Waals surface area contributed by atoms with Crippen LogP contribution in [0.3, 0.4) is 0 Å². The van der Waals surface area contributed by atoms with Crippen molar-refractivity contribution in [1.29, 1.82) is 0 Å². The van der Waals surface area contributed by atoms with Gasteiger partial charge in [0, 0.05) is 18.9 Å². The Morgan fingerprint density at radius 3 is 2.85 bits per heavy atom. The van der Waals surface area contributed by atoms with Crippen molar-refractivity contribution in [3.8, 4) is 6.01 Å². The van der Waals surface area contributed by atoms with Gasteiger partial charge in [0.05, 0.1) is 6.10 Å². The van der Waals surface area contributed by atoms with Gasteiger partial charge < -0.3 is 15.8 Å². The molecule has 0 atom stereocenters. The van der Waals surface area contributed by atoms with Crippen molar-refractivity contribution in [3.05, 3.63) is 30.1 Å². The molecule has 106 valence electrons. The topological polar surface area (TPSA) is 98.8 Å². The number of hydrogen-bond acceptors (Lipinski definition) is 7. The van der Waals surface area contributed by atoms with Crippen LogP contribution in [0.2, 0.25) is 0 Å². The third-order valence-corrected chi connectivity index (χ3v) is 2.39. The second-order valence-electron chi connectivity index (χ2n) is 4.50. The fourth-order valence-electron chi connectivity index (χ4n) is 1.58. The van der Waals surface area contributed by atoms with Crippen LogP contribution in [0.15, 0.2) is 24.5 Å². The van der Waals surface area contributed by atoms with Crippen molar-refractivity contribution in [2.45, 2.75) is 26.4 Å². The summed E-state index contributed by atoms with van der Waals surface area (Å²) in [6, 6.07) is 4.16. The van der Waals surface area contributed by atoms with E-state index in [0.717, 1.165) is 12.0 Å². The van der Waals surface area contributed by atoms with Gasteiger partial charge in [0.15, 0.2) is 0 Å². The van der Waals surface area contributed by atoms with Crippen LogP contribution >= 0.6 is 0 Å². The Morgan fingerprint density at radius 1 is 1.30 bits per heavy atom. The first-order valence-electron chi connectivity index (χ1n) is 6.44. The van der Waals surface area contributed by atoms with Crippen LogP contribution in [0.1, 0.15) is 19.4 Å². The van der Waals surface area contributed by atoms with Gasteiger partial charge in [-0.15, -0.1) is 0 Å². The lowest BCUT2D eigenvalue weighted by Crippen LogP contribution is -2.14. The number of anilines is 2. The molecule has 0 aromatic carbocycles. The Morgan fingerprint density at radius 2 is 2.15 bits per heavy atom. The molecule has 20 heavy (non-hydrogen) atoms. The lowest BCUT2D eigenvalue weighted by atomic mass is 10.2. The molecule has 0 spiro atoms. The van der Waals surface area contributed by atoms with Crippen LogP contribution in [0.5, 0.6) is 6.01 Å². The minimum absolute atomic E-state index is 0.0138. The highest BCUT2D eigenvalue weighted by Crippen LogP contribution is 2.10. The lowest BCUT2D eigenvalue weighted by molar-refractivity contribution is 0.222. The Labute approximate surface area is 117 Å². The Kier molecular flexibility index (Phi) is 4.65. The van der Waals surface area contributed by atoms with Crippen molar-refractivity contribution in [1.82, 2.24) is 19.9 Å². The largest absolute Gasteiger partial charge is 0.461 e. The first kappa shape index (κ1) is 14.0. The maximum Gasteiger partial charge on any atom is 0.323 e. The zero-order valence-electron chi connectivity index (χ0n) is 11.6. The van der Waals surface area contributed by atoms with Gasteiger partial charge in [-0.2, -0.15) is 15.0 Å². The van der Waals surface area contributed by atoms with Crippen molar-refractivity contribution in [3.63, 3.8) is 0 Å². The molecule has 2 aromatic heterocycles. The Bertz CT molecular complexity index is 546. The summed E-state index contributed by atoms with van der Waals surface area (Å²) in [6.45, 7) is 4.47. The molecule has 7 heteroatoms. The van der Waals surface area contributed by atoms with E-state index in [1.54, 1.807) is 6.20 Å². The minimum Gasteiger partial charge on any atom is -0.461 e. The van der Waals surface area contributed by atoms with E-state index in [-0.39, 0.29) is 18.1 Å². The smallest absolute Gasteiger partial charge is 0.323 e. The van der Waals surface area contributed by atoms with E-state index in [0.29, 0.717) is 12.5 Å². The predicted molar refractivity (Wildman–Crippen MR) is 76.4 cm³/mol. The summed E-state index contributed by atoms with van der Waals surface area (Å²) in [5.41, 5.74) is 6.77. The summed E-state index contributed by atoms with van der Waals surface area (Å²) in [5.74, 6) is 0.552. The molecule has 3 N–H and O–H groups in total. The number of rotatable bonds is 6. The number of aromatic nitrogens is 4. The molecule has 0 bridgehead atoms. The standard InChI is InChI=1S/C13H18N6O/c1-9(2)20-13-18-11(14)17-12(19-13)16-7-5-10-4-3-6-15-8-10/h3-4,6,8-9H,5,7H2,1-2H3,(H3,14,16,17,18,19). The second kappa shape index (κ2) is 6.65. The Balaban J connectivity index is 1.93. The zero-order chi connectivity index (χ0) is 14.4. The monoisotopic (exact) mass is 274 g/mol. The SMILES string of the molecule is CC(C)Oc1nc(N)nc(NCCc2cccnc2)n1. The molecule has 7 nitrogen and oxygen atoms in total. The summed E-state index contributed by atoms with van der Waals surface area (Å²) >= 11 is 0. The van der Waals surface area contributed by atoms with E-state index in [9.17, 15) is 0 Å². The first-order valence-corrected chi connectivity index (χ1v) is 6.44. The minimum atomic E-state index is -0.0138. The number of nitrogens with one attached hydrogen (secondary N) is 1. The number of nitrogens with zero attached hydrogens (tertiary/aromatic N) is 4. The number of ether oxygens (including phenoxy) is 1. The third kappa shape index (κ3) is 4.34. The van der Waals surface area contributed by atoms with Crippen LogP contribution in [-0.4, -0.2) is 32.6 Å². The number of hydrogen-bond donors (Lipinski definition) is 2. The summed E-state index contributed by atoms with van der Waals surface area (Å²) in [5, 5.41) is 3.10. The van der Waals surface area contributed by atoms with Crippen LogP contribution in [0.4, 0.5) is 11.9 Å². The van der Waals surface area contributed by atoms with E-state index in [2.05, 4.69) is 25.3 Å². The summed E-state index contributed by atoms with van der Waals surface area (Å²) in [4.78, 5) is 16.2. The molecule has 0 unspecified atom stereocenters. The summed E-state index contributed by atoms with van der Waals surface area (Å²) in [7, 11) is 0. The van der Waals surface area contributed by atoms with Crippen molar-refractivity contribution >= 4 is 11.9 Å². The second-order valence-corrected chi connectivity index (χ2v) is 4.50. The van der Waals surface area contributed by atoms with Gasteiger partial charge in [0.25, 0.3) is 0 Å². The highest BCUT2D eigenvalue weighted by molar-refractivity contribution is 5.32. The number of nitrogen functional groups attached to an aromatic ring is 1. The molecule has 2 aromatic rings. The van der Waals surface area contributed by atoms with Crippen LogP contribution in [-0.2, 0) is 6.42 Å². The lowest BCUT2D eigenvalue weighted by Gasteiger charge is -2.10. The summed E-state index contributed by atoms with van der Waals surface area (Å²) in [6.07, 6.45) is 4.38. The fourth-order valence-corrected chi connectivity index (χ4v) is 1.58. The average molecular weight is 274 g/mol. The van der Waals surface area contributed by atoms with Gasteiger partial charge in [-0.1, -0.05) is 6.07 Å². The van der Waals surface area contributed by atoms with Gasteiger partial charge in [-0.3, -0.25) is 4.98 Å². The molecular weight excluding hydrogens is 256 g/mol. The molecule has 0 aliphatic heterocycles. The highest BCUT2D eigenvalue weighted by atomic mass is 16.5. The molecule has 0 fully saturated rings. The van der Waals surface area contributed by atoms with Crippen LogP contribution in [0.25, 0.3) is 0 Å². The van der Waals surface area contributed by atoms with Crippen LogP contribution in [0, 0.1) is 0 Å². The van der Waals surface area contributed by atoms with E-state index in [4.69, 9.17) is 10.5 Å². The average Bonchev–Trinajstić information content (AvgIpc) is 2.38. The first-order chi connectivity index (χ1) is 9.63. The predicted octanol–water partition coefficient (Wildman–Crippen LogP) is 1.29. The van der Waals surface area contributed by atoms with Crippen molar-refractivity contribution < 1.29 is 4.74 Å². The van der Waals surface area contributed by atoms with Crippen LogP contribution < -0.4 is 15.8 Å². The maximum atomic E-state index is 5.63. The van der Waals surface area contributed by atoms with Crippen molar-refractivity contribution in [2.24, 2.45) is 0 Å². The molecule has 0 saturated carbocycles. The van der Waals surface area contributed by atoms with Gasteiger partial charge in [-0.25, -0.2) is 0 Å². The third-order valence-electron chi connectivity index (χ3n) is 2.39. The molecule has 0 radical (unpaired) electrons. The molecule has 0 saturated heterocycles. The molecule has 2 rings (SSSR count). The molecular formula is C13H18N6O. The van der Waals surface area contributed by atoms with Gasteiger partial charge in [0.2, 0.25) is 11.9 Å². The number of pyridine rings is 1. The fraction of sp³-hybridized carbons (Fsp3) is 0.385. The number of nitrogens with two attached hydrogens (primary N) is 1. The molecule has 2 heterocycles. The quantitative estimate of drug-likeness (QED) is 0.818. The van der Waals surface area contributed by atoms with Gasteiger partial charge in [-0.05, 0) is 31.9 Å². The molecule has 0 aliphatic rings. The van der Waals surface area contributed by atoms with E-state index < -0.39 is 0 Å². The summed E-state index contributed by atoms with van der Waals surface area (Å²) < 4.78 is 5.41. The zero-order valence-corrected chi connectivity index (χ0v) is 11.6. The highest BCUT2D eigenvalue weighted by Gasteiger charge is 2.06. The van der Waals surface area contributed by atoms with E-state index in [1.807, 2.05) is 32.2 Å². The van der Waals surface area contributed by atoms with Gasteiger partial charge in [0.1, 0.15) is 0 Å². The normalized spacial score (nSPS) is 10.6. The van der Waals surface area contributed by atoms with E-state index >= 15 is 0 Å².